The SMILES string of the molecule is CN(C)CCc1c2n(c3ccccc13)C(C)(O)C(C(=O)OC(C)(C)C)C2c1ccccc1. The first-order chi connectivity index (χ1) is 15.0. The van der Waals surface area contributed by atoms with E-state index in [0.717, 1.165) is 35.1 Å². The van der Waals surface area contributed by atoms with Gasteiger partial charge < -0.3 is 19.3 Å². The maximum atomic E-state index is 13.5. The third kappa shape index (κ3) is 3.84. The number of hydrogen-bond donors (Lipinski definition) is 1. The molecule has 2 heterocycles. The molecule has 0 aliphatic carbocycles. The highest BCUT2D eigenvalue weighted by Gasteiger charge is 2.55. The summed E-state index contributed by atoms with van der Waals surface area (Å²) in [6.07, 6.45) is 0.830. The Morgan fingerprint density at radius 2 is 1.72 bits per heavy atom. The van der Waals surface area contributed by atoms with Crippen LogP contribution in [-0.2, 0) is 21.7 Å². The normalized spacial score (nSPS) is 23.0. The van der Waals surface area contributed by atoms with Crippen LogP contribution < -0.4 is 0 Å². The summed E-state index contributed by atoms with van der Waals surface area (Å²) < 4.78 is 7.82. The number of rotatable bonds is 5. The maximum absolute atomic E-state index is 13.5. The second-order valence-corrected chi connectivity index (χ2v) is 10.3. The Labute approximate surface area is 190 Å². The van der Waals surface area contributed by atoms with Crippen molar-refractivity contribution in [2.24, 2.45) is 5.92 Å². The van der Waals surface area contributed by atoms with Crippen LogP contribution in [0, 0.1) is 5.92 Å². The minimum absolute atomic E-state index is 0.300. The highest BCUT2D eigenvalue weighted by molar-refractivity contribution is 5.89. The van der Waals surface area contributed by atoms with Crippen molar-refractivity contribution in [3.05, 3.63) is 71.4 Å². The van der Waals surface area contributed by atoms with Gasteiger partial charge in [-0.2, -0.15) is 0 Å². The summed E-state index contributed by atoms with van der Waals surface area (Å²) in [5.74, 6) is -1.42. The molecule has 1 aromatic heterocycles. The topological polar surface area (TPSA) is 54.7 Å². The molecule has 0 amide bonds. The summed E-state index contributed by atoms with van der Waals surface area (Å²) in [7, 11) is 4.12. The number of carbonyl (C=O) groups is 1. The molecule has 3 aromatic rings. The lowest BCUT2D eigenvalue weighted by Crippen LogP contribution is -2.42. The van der Waals surface area contributed by atoms with Crippen molar-refractivity contribution in [1.82, 2.24) is 9.47 Å². The number of nitrogens with zero attached hydrogens (tertiary/aromatic N) is 2. The molecular weight excluding hydrogens is 400 g/mol. The third-order valence-corrected chi connectivity index (χ3v) is 6.32. The Morgan fingerprint density at radius 1 is 1.09 bits per heavy atom. The van der Waals surface area contributed by atoms with Crippen molar-refractivity contribution in [1.29, 1.82) is 0 Å². The Balaban J connectivity index is 1.98. The second-order valence-electron chi connectivity index (χ2n) is 10.3. The van der Waals surface area contributed by atoms with E-state index in [4.69, 9.17) is 4.74 Å². The average molecular weight is 435 g/mol. The van der Waals surface area contributed by atoms with Crippen LogP contribution in [0.15, 0.2) is 54.6 Å². The number of hydrogen-bond acceptors (Lipinski definition) is 4. The van der Waals surface area contributed by atoms with Crippen molar-refractivity contribution < 1.29 is 14.6 Å². The molecule has 3 unspecified atom stereocenters. The van der Waals surface area contributed by atoms with E-state index in [1.165, 1.54) is 5.56 Å². The number of carbonyl (C=O) groups excluding carboxylic acids is 1. The van der Waals surface area contributed by atoms with Crippen LogP contribution in [0.25, 0.3) is 10.9 Å². The predicted molar refractivity (Wildman–Crippen MR) is 128 cm³/mol. The van der Waals surface area contributed by atoms with Crippen LogP contribution in [0.1, 0.15) is 50.4 Å². The maximum Gasteiger partial charge on any atom is 0.315 e. The molecule has 1 aliphatic heterocycles. The number of aliphatic hydroxyl groups is 1. The zero-order valence-corrected chi connectivity index (χ0v) is 19.9. The van der Waals surface area contributed by atoms with Crippen molar-refractivity contribution in [3.63, 3.8) is 0 Å². The number of para-hydroxylation sites is 1. The zero-order chi connectivity index (χ0) is 23.3. The van der Waals surface area contributed by atoms with E-state index in [1.54, 1.807) is 6.92 Å². The lowest BCUT2D eigenvalue weighted by atomic mass is 9.79. The fourth-order valence-corrected chi connectivity index (χ4v) is 5.09. The van der Waals surface area contributed by atoms with E-state index >= 15 is 0 Å². The van der Waals surface area contributed by atoms with Crippen LogP contribution in [0.5, 0.6) is 0 Å². The smallest absolute Gasteiger partial charge is 0.315 e. The minimum atomic E-state index is -1.42. The number of esters is 1. The quantitative estimate of drug-likeness (QED) is 0.600. The summed E-state index contributed by atoms with van der Waals surface area (Å²) in [6, 6.07) is 18.2. The number of ether oxygens (including phenoxy) is 1. The average Bonchev–Trinajstić information content (AvgIpc) is 3.16. The minimum Gasteiger partial charge on any atom is -0.460 e. The molecule has 0 bridgehead atoms. The van der Waals surface area contributed by atoms with Gasteiger partial charge in [0.05, 0.1) is 5.52 Å². The first-order valence-corrected chi connectivity index (χ1v) is 11.3. The first kappa shape index (κ1) is 22.6. The summed E-state index contributed by atoms with van der Waals surface area (Å²) in [6.45, 7) is 8.22. The molecule has 1 aliphatic rings. The standard InChI is InChI=1S/C27H34N2O3/c1-26(2,3)32-25(30)23-22(18-12-8-7-9-13-18)24-20(16-17-28(5)6)19-14-10-11-15-21(19)29(24)27(23,4)31/h7-15,22-23,31H,16-17H2,1-6H3. The largest absolute Gasteiger partial charge is 0.460 e. The second kappa shape index (κ2) is 8.05. The number of benzene rings is 2. The van der Waals surface area contributed by atoms with Gasteiger partial charge in [-0.3, -0.25) is 4.79 Å². The molecule has 2 aromatic carbocycles. The Bertz CT molecular complexity index is 1120. The zero-order valence-electron chi connectivity index (χ0n) is 19.9. The lowest BCUT2D eigenvalue weighted by molar-refractivity contribution is -0.173. The van der Waals surface area contributed by atoms with Gasteiger partial charge in [-0.25, -0.2) is 0 Å². The molecule has 5 nitrogen and oxygen atoms in total. The molecular formula is C27H34N2O3. The van der Waals surface area contributed by atoms with Crippen molar-refractivity contribution in [2.75, 3.05) is 20.6 Å². The van der Waals surface area contributed by atoms with E-state index in [-0.39, 0.29) is 11.9 Å². The molecule has 3 atom stereocenters. The molecule has 0 spiro atoms. The van der Waals surface area contributed by atoms with Crippen LogP contribution in [-0.4, -0.2) is 46.8 Å². The molecule has 0 fully saturated rings. The summed E-state index contributed by atoms with van der Waals surface area (Å²) in [4.78, 5) is 15.7. The van der Waals surface area contributed by atoms with Gasteiger partial charge in [0.2, 0.25) is 0 Å². The van der Waals surface area contributed by atoms with Crippen molar-refractivity contribution in [3.8, 4) is 0 Å². The van der Waals surface area contributed by atoms with Crippen molar-refractivity contribution >= 4 is 16.9 Å². The Morgan fingerprint density at radius 3 is 2.34 bits per heavy atom. The molecule has 0 saturated heterocycles. The number of likely N-dealkylation sites (N-methyl/N-ethyl adjacent to an activating group) is 1. The van der Waals surface area contributed by atoms with E-state index in [2.05, 4.69) is 25.1 Å². The van der Waals surface area contributed by atoms with Crippen LogP contribution >= 0.6 is 0 Å². The predicted octanol–water partition coefficient (Wildman–Crippen LogP) is 4.51. The molecule has 32 heavy (non-hydrogen) atoms. The number of aromatic nitrogens is 1. The van der Waals surface area contributed by atoms with Gasteiger partial charge in [-0.05, 0) is 65.4 Å². The molecule has 4 rings (SSSR count). The fraction of sp³-hybridized carbons (Fsp3) is 0.444. The van der Waals surface area contributed by atoms with Gasteiger partial charge in [0.15, 0.2) is 5.72 Å². The molecule has 0 radical (unpaired) electrons. The van der Waals surface area contributed by atoms with Crippen LogP contribution in [0.3, 0.4) is 0 Å². The van der Waals surface area contributed by atoms with E-state index in [9.17, 15) is 9.90 Å². The van der Waals surface area contributed by atoms with Gasteiger partial charge >= 0.3 is 5.97 Å². The number of fused-ring (bicyclic) bond motifs is 3. The first-order valence-electron chi connectivity index (χ1n) is 11.3. The Hall–Kier alpha value is -2.63. The molecule has 5 heteroatoms. The fourth-order valence-electron chi connectivity index (χ4n) is 5.09. The lowest BCUT2D eigenvalue weighted by Gasteiger charge is -2.32. The van der Waals surface area contributed by atoms with E-state index in [0.29, 0.717) is 0 Å². The third-order valence-electron chi connectivity index (χ3n) is 6.32. The summed E-state index contributed by atoms with van der Waals surface area (Å²) in [5.41, 5.74) is 2.11. The molecule has 170 valence electrons. The van der Waals surface area contributed by atoms with Gasteiger partial charge in [-0.1, -0.05) is 48.5 Å². The van der Waals surface area contributed by atoms with Gasteiger partial charge in [0.1, 0.15) is 11.5 Å². The highest BCUT2D eigenvalue weighted by Crippen LogP contribution is 2.53. The monoisotopic (exact) mass is 434 g/mol. The van der Waals surface area contributed by atoms with E-state index in [1.807, 2.05) is 73.9 Å². The van der Waals surface area contributed by atoms with Gasteiger partial charge in [0.25, 0.3) is 0 Å². The summed E-state index contributed by atoms with van der Waals surface area (Å²) in [5, 5.41) is 13.1. The van der Waals surface area contributed by atoms with E-state index < -0.39 is 17.2 Å². The molecule has 0 saturated carbocycles. The molecule has 1 N–H and O–H groups in total. The van der Waals surface area contributed by atoms with Crippen LogP contribution in [0.4, 0.5) is 0 Å². The van der Waals surface area contributed by atoms with Gasteiger partial charge in [-0.15, -0.1) is 0 Å². The van der Waals surface area contributed by atoms with Crippen molar-refractivity contribution in [2.45, 2.75) is 51.4 Å². The van der Waals surface area contributed by atoms with Gasteiger partial charge in [0, 0.05) is 23.5 Å². The Kier molecular flexibility index (Phi) is 5.68. The van der Waals surface area contributed by atoms with Crippen LogP contribution in [0.2, 0.25) is 0 Å². The highest BCUT2D eigenvalue weighted by atomic mass is 16.6. The summed E-state index contributed by atoms with van der Waals surface area (Å²) >= 11 is 0.